The Labute approximate surface area is 73.9 Å². The number of carbonyl (C=O) groups excluding carboxylic acids is 1. The molecule has 1 aliphatic rings. The summed E-state index contributed by atoms with van der Waals surface area (Å²) in [4.78, 5) is 11.5. The van der Waals surface area contributed by atoms with Gasteiger partial charge in [-0.25, -0.2) is 0 Å². The third-order valence-corrected chi connectivity index (χ3v) is 2.51. The topological polar surface area (TPSA) is 41.1 Å². The highest BCUT2D eigenvalue weighted by Crippen LogP contribution is 2.19. The van der Waals surface area contributed by atoms with E-state index in [1.54, 1.807) is 0 Å². The minimum atomic E-state index is -0.387. The van der Waals surface area contributed by atoms with Gasteiger partial charge in [0.25, 0.3) is 0 Å². The normalized spacial score (nSPS) is 34.5. The maximum Gasteiger partial charge on any atom is 0.240 e. The highest BCUT2D eigenvalue weighted by Gasteiger charge is 2.40. The van der Waals surface area contributed by atoms with E-state index in [0.29, 0.717) is 6.54 Å². The molecule has 70 valence electrons. The fraction of sp³-hybridized carbons (Fsp3) is 0.889. The lowest BCUT2D eigenvalue weighted by atomic mass is 9.89. The van der Waals surface area contributed by atoms with Crippen LogP contribution in [0, 0.1) is 0 Å². The lowest BCUT2D eigenvalue weighted by molar-refractivity contribution is -0.130. The van der Waals surface area contributed by atoms with Crippen molar-refractivity contribution >= 4 is 5.91 Å². The van der Waals surface area contributed by atoms with Crippen molar-refractivity contribution in [2.75, 3.05) is 6.54 Å². The monoisotopic (exact) mass is 170 g/mol. The van der Waals surface area contributed by atoms with Crippen LogP contribution in [0.25, 0.3) is 0 Å². The molecule has 0 saturated carbocycles. The zero-order valence-electron chi connectivity index (χ0n) is 8.32. The summed E-state index contributed by atoms with van der Waals surface area (Å²) in [6, 6.07) is 0. The van der Waals surface area contributed by atoms with Crippen LogP contribution in [-0.2, 0) is 4.79 Å². The van der Waals surface area contributed by atoms with Crippen LogP contribution >= 0.6 is 0 Å². The first-order valence-corrected chi connectivity index (χ1v) is 4.47. The number of hydrogen-bond donors (Lipinski definition) is 2. The van der Waals surface area contributed by atoms with E-state index >= 15 is 0 Å². The number of hydrogen-bond acceptors (Lipinski definition) is 2. The van der Waals surface area contributed by atoms with Crippen LogP contribution in [-0.4, -0.2) is 23.5 Å². The van der Waals surface area contributed by atoms with Crippen LogP contribution in [0.4, 0.5) is 0 Å². The summed E-state index contributed by atoms with van der Waals surface area (Å²) in [6.07, 6.45) is 0.822. The summed E-state index contributed by atoms with van der Waals surface area (Å²) in [6.45, 7) is 8.87. The van der Waals surface area contributed by atoms with Crippen molar-refractivity contribution in [1.29, 1.82) is 0 Å². The Bertz CT molecular complexity index is 201. The second-order valence-electron chi connectivity index (χ2n) is 4.38. The fourth-order valence-corrected chi connectivity index (χ4v) is 1.59. The molecule has 3 heteroatoms. The summed E-state index contributed by atoms with van der Waals surface area (Å²) in [5.74, 6) is 0.115. The van der Waals surface area contributed by atoms with Gasteiger partial charge in [0, 0.05) is 12.1 Å². The Morgan fingerprint density at radius 1 is 1.42 bits per heavy atom. The van der Waals surface area contributed by atoms with Gasteiger partial charge in [0.05, 0.1) is 5.54 Å². The van der Waals surface area contributed by atoms with Crippen molar-refractivity contribution in [3.63, 3.8) is 0 Å². The molecule has 1 saturated heterocycles. The summed E-state index contributed by atoms with van der Waals surface area (Å²) < 4.78 is 0. The Hall–Kier alpha value is -0.570. The second kappa shape index (κ2) is 2.73. The largest absolute Gasteiger partial charge is 0.353 e. The number of rotatable bonds is 1. The van der Waals surface area contributed by atoms with Crippen molar-refractivity contribution in [2.24, 2.45) is 0 Å². The predicted molar refractivity (Wildman–Crippen MR) is 48.9 cm³/mol. The Morgan fingerprint density at radius 3 is 2.42 bits per heavy atom. The molecule has 0 spiro atoms. The number of amides is 1. The maximum absolute atomic E-state index is 11.5. The second-order valence-corrected chi connectivity index (χ2v) is 4.38. The lowest BCUT2D eigenvalue weighted by Crippen LogP contribution is -2.69. The number of nitrogens with one attached hydrogen (secondary N) is 2. The average Bonchev–Trinajstić information content (AvgIpc) is 1.97. The minimum absolute atomic E-state index is 0.0126. The van der Waals surface area contributed by atoms with Gasteiger partial charge in [-0.1, -0.05) is 6.92 Å². The molecule has 1 rings (SSSR count). The van der Waals surface area contributed by atoms with Gasteiger partial charge in [0.15, 0.2) is 0 Å². The molecule has 0 aromatic heterocycles. The smallest absolute Gasteiger partial charge is 0.240 e. The predicted octanol–water partition coefficient (Wildman–Crippen LogP) is 0.653. The van der Waals surface area contributed by atoms with Crippen LogP contribution in [0.2, 0.25) is 0 Å². The highest BCUT2D eigenvalue weighted by molar-refractivity contribution is 5.86. The maximum atomic E-state index is 11.5. The van der Waals surface area contributed by atoms with Crippen molar-refractivity contribution in [3.05, 3.63) is 0 Å². The van der Waals surface area contributed by atoms with Crippen LogP contribution < -0.4 is 10.6 Å². The molecule has 1 fully saturated rings. The molecular formula is C9H18N2O. The Morgan fingerprint density at radius 2 is 2.00 bits per heavy atom. The first kappa shape index (κ1) is 9.52. The van der Waals surface area contributed by atoms with E-state index < -0.39 is 0 Å². The molecule has 0 aromatic carbocycles. The van der Waals surface area contributed by atoms with Gasteiger partial charge in [0.1, 0.15) is 0 Å². The molecule has 1 amide bonds. The Kier molecular flexibility index (Phi) is 2.17. The summed E-state index contributed by atoms with van der Waals surface area (Å²) in [7, 11) is 0. The molecule has 0 bridgehead atoms. The molecule has 0 radical (unpaired) electrons. The van der Waals surface area contributed by atoms with E-state index in [1.165, 1.54) is 0 Å². The minimum Gasteiger partial charge on any atom is -0.353 e. The zero-order valence-corrected chi connectivity index (χ0v) is 8.32. The molecule has 1 unspecified atom stereocenters. The quantitative estimate of drug-likeness (QED) is 0.607. The van der Waals surface area contributed by atoms with E-state index in [-0.39, 0.29) is 17.0 Å². The van der Waals surface area contributed by atoms with Crippen LogP contribution in [0.3, 0.4) is 0 Å². The standard InChI is InChI=1S/C9H18N2O/c1-5-9(4)7(12)10-6-8(2,3)11-9/h11H,5-6H2,1-4H3,(H,10,12). The molecule has 12 heavy (non-hydrogen) atoms. The Balaban J connectivity index is 2.79. The van der Waals surface area contributed by atoms with Gasteiger partial charge in [-0.05, 0) is 27.2 Å². The SMILES string of the molecule is CCC1(C)NC(C)(C)CNC1=O. The molecular weight excluding hydrogens is 152 g/mol. The lowest BCUT2D eigenvalue weighted by Gasteiger charge is -2.43. The summed E-state index contributed by atoms with van der Waals surface area (Å²) >= 11 is 0. The van der Waals surface area contributed by atoms with Crippen molar-refractivity contribution in [2.45, 2.75) is 45.2 Å². The van der Waals surface area contributed by atoms with E-state index in [1.807, 2.05) is 13.8 Å². The zero-order chi connectivity index (χ0) is 9.41. The third kappa shape index (κ3) is 1.61. The van der Waals surface area contributed by atoms with Crippen LogP contribution in [0.15, 0.2) is 0 Å². The molecule has 1 aliphatic heterocycles. The van der Waals surface area contributed by atoms with Crippen LogP contribution in [0.5, 0.6) is 0 Å². The van der Waals surface area contributed by atoms with Gasteiger partial charge in [-0.3, -0.25) is 10.1 Å². The van der Waals surface area contributed by atoms with Crippen molar-refractivity contribution in [3.8, 4) is 0 Å². The van der Waals surface area contributed by atoms with E-state index in [2.05, 4.69) is 24.5 Å². The molecule has 0 aromatic rings. The fourth-order valence-electron chi connectivity index (χ4n) is 1.59. The highest BCUT2D eigenvalue weighted by atomic mass is 16.2. The van der Waals surface area contributed by atoms with Crippen molar-refractivity contribution in [1.82, 2.24) is 10.6 Å². The number of piperazine rings is 1. The van der Waals surface area contributed by atoms with E-state index in [9.17, 15) is 4.79 Å². The third-order valence-electron chi connectivity index (χ3n) is 2.51. The van der Waals surface area contributed by atoms with Gasteiger partial charge in [-0.2, -0.15) is 0 Å². The van der Waals surface area contributed by atoms with Gasteiger partial charge in [0.2, 0.25) is 5.91 Å². The molecule has 1 atom stereocenters. The van der Waals surface area contributed by atoms with Crippen LogP contribution in [0.1, 0.15) is 34.1 Å². The summed E-state index contributed by atoms with van der Waals surface area (Å²) in [5.41, 5.74) is -0.375. The van der Waals surface area contributed by atoms with E-state index in [0.717, 1.165) is 6.42 Å². The van der Waals surface area contributed by atoms with Gasteiger partial charge in [-0.15, -0.1) is 0 Å². The first-order valence-electron chi connectivity index (χ1n) is 4.47. The van der Waals surface area contributed by atoms with E-state index in [4.69, 9.17) is 0 Å². The molecule has 2 N–H and O–H groups in total. The molecule has 1 heterocycles. The van der Waals surface area contributed by atoms with Gasteiger partial charge < -0.3 is 5.32 Å². The average molecular weight is 170 g/mol. The molecule has 0 aliphatic carbocycles. The van der Waals surface area contributed by atoms with Gasteiger partial charge >= 0.3 is 0 Å². The van der Waals surface area contributed by atoms with Crippen molar-refractivity contribution < 1.29 is 4.79 Å². The first-order chi connectivity index (χ1) is 5.40. The summed E-state index contributed by atoms with van der Waals surface area (Å²) in [5, 5.41) is 6.27. The molecule has 3 nitrogen and oxygen atoms in total. The number of carbonyl (C=O) groups is 1.